The Kier molecular flexibility index (Phi) is 3.87. The quantitative estimate of drug-likeness (QED) is 0.601. The van der Waals surface area contributed by atoms with Crippen molar-refractivity contribution < 1.29 is 0 Å². The van der Waals surface area contributed by atoms with Gasteiger partial charge < -0.3 is 11.1 Å². The van der Waals surface area contributed by atoms with Crippen LogP contribution in [-0.4, -0.2) is 18.6 Å². The summed E-state index contributed by atoms with van der Waals surface area (Å²) >= 11 is 0. The summed E-state index contributed by atoms with van der Waals surface area (Å²) in [7, 11) is 0. The van der Waals surface area contributed by atoms with Crippen molar-refractivity contribution >= 4 is 0 Å². The van der Waals surface area contributed by atoms with Gasteiger partial charge in [0.15, 0.2) is 0 Å². The van der Waals surface area contributed by atoms with E-state index < -0.39 is 0 Å². The topological polar surface area (TPSA) is 38.0 Å². The first-order chi connectivity index (χ1) is 5.34. The molecule has 0 radical (unpaired) electrons. The maximum absolute atomic E-state index is 5.90. The maximum Gasteiger partial charge on any atom is 0.0219 e. The van der Waals surface area contributed by atoms with E-state index in [1.807, 2.05) is 0 Å². The highest BCUT2D eigenvalue weighted by atomic mass is 15.0. The molecule has 3 N–H and O–H groups in total. The molecule has 1 aliphatic rings. The minimum atomic E-state index is 0.423. The van der Waals surface area contributed by atoms with Gasteiger partial charge >= 0.3 is 0 Å². The van der Waals surface area contributed by atoms with Crippen LogP contribution in [0.3, 0.4) is 0 Å². The van der Waals surface area contributed by atoms with E-state index in [1.165, 1.54) is 32.1 Å². The molecule has 1 fully saturated rings. The predicted molar refractivity (Wildman–Crippen MR) is 48.5 cm³/mol. The van der Waals surface area contributed by atoms with Crippen molar-refractivity contribution in [3.8, 4) is 0 Å². The van der Waals surface area contributed by atoms with Crippen LogP contribution in [0.2, 0.25) is 0 Å². The van der Waals surface area contributed by atoms with Crippen molar-refractivity contribution in [1.29, 1.82) is 0 Å². The second kappa shape index (κ2) is 4.73. The van der Waals surface area contributed by atoms with E-state index in [0.717, 1.165) is 6.54 Å². The molecule has 2 heteroatoms. The van der Waals surface area contributed by atoms with Gasteiger partial charge in [-0.25, -0.2) is 0 Å². The predicted octanol–water partition coefficient (Wildman–Crippen LogP) is 1.26. The Bertz CT molecular complexity index is 104. The molecular weight excluding hydrogens is 136 g/mol. The van der Waals surface area contributed by atoms with Gasteiger partial charge in [0.05, 0.1) is 0 Å². The van der Waals surface area contributed by atoms with Crippen LogP contribution in [0.4, 0.5) is 0 Å². The van der Waals surface area contributed by atoms with Crippen LogP contribution in [0.5, 0.6) is 0 Å². The lowest BCUT2D eigenvalue weighted by Crippen LogP contribution is -2.41. The van der Waals surface area contributed by atoms with Gasteiger partial charge in [0.25, 0.3) is 0 Å². The Morgan fingerprint density at radius 1 is 1.45 bits per heavy atom. The maximum atomic E-state index is 5.90. The molecule has 1 aliphatic carbocycles. The van der Waals surface area contributed by atoms with E-state index in [4.69, 9.17) is 5.73 Å². The Morgan fingerprint density at radius 2 is 2.27 bits per heavy atom. The molecule has 0 aliphatic heterocycles. The van der Waals surface area contributed by atoms with Crippen LogP contribution in [0.15, 0.2) is 0 Å². The summed E-state index contributed by atoms with van der Waals surface area (Å²) in [6, 6.07) is 1.04. The number of hydrogen-bond donors (Lipinski definition) is 2. The highest BCUT2D eigenvalue weighted by Crippen LogP contribution is 2.16. The van der Waals surface area contributed by atoms with Crippen LogP contribution in [0.25, 0.3) is 0 Å². The van der Waals surface area contributed by atoms with Crippen LogP contribution in [-0.2, 0) is 0 Å². The molecule has 2 unspecified atom stereocenters. The van der Waals surface area contributed by atoms with E-state index in [0.29, 0.717) is 12.1 Å². The van der Waals surface area contributed by atoms with Gasteiger partial charge in [0.1, 0.15) is 0 Å². The van der Waals surface area contributed by atoms with Gasteiger partial charge in [-0.2, -0.15) is 0 Å². The Morgan fingerprint density at radius 3 is 2.82 bits per heavy atom. The summed E-state index contributed by atoms with van der Waals surface area (Å²) < 4.78 is 0. The number of hydrogen-bond acceptors (Lipinski definition) is 2. The molecule has 0 spiro atoms. The first-order valence-electron chi connectivity index (χ1n) is 4.83. The van der Waals surface area contributed by atoms with Crippen molar-refractivity contribution in [2.75, 3.05) is 6.54 Å². The van der Waals surface area contributed by atoms with E-state index in [-0.39, 0.29) is 0 Å². The summed E-state index contributed by atoms with van der Waals surface area (Å²) in [6.45, 7) is 3.37. The standard InChI is InChI=1S/C9H20N2/c1-2-3-7-11-9-6-4-5-8(9)10/h8-9,11H,2-7,10H2,1H3. The molecule has 0 aromatic carbocycles. The Labute approximate surface area is 69.5 Å². The lowest BCUT2D eigenvalue weighted by atomic mass is 10.2. The van der Waals surface area contributed by atoms with Gasteiger partial charge in [0, 0.05) is 12.1 Å². The molecule has 11 heavy (non-hydrogen) atoms. The fourth-order valence-electron chi connectivity index (χ4n) is 1.71. The molecule has 1 rings (SSSR count). The first-order valence-corrected chi connectivity index (χ1v) is 4.83. The molecule has 0 heterocycles. The van der Waals surface area contributed by atoms with Crippen LogP contribution < -0.4 is 11.1 Å². The number of nitrogens with two attached hydrogens (primary N) is 1. The van der Waals surface area contributed by atoms with Crippen molar-refractivity contribution in [3.05, 3.63) is 0 Å². The van der Waals surface area contributed by atoms with E-state index in [1.54, 1.807) is 0 Å². The molecule has 2 nitrogen and oxygen atoms in total. The van der Waals surface area contributed by atoms with Gasteiger partial charge in [0.2, 0.25) is 0 Å². The zero-order valence-electron chi connectivity index (χ0n) is 7.47. The number of rotatable bonds is 4. The Balaban J connectivity index is 2.05. The summed E-state index contributed by atoms with van der Waals surface area (Å²) in [5.41, 5.74) is 5.90. The first kappa shape index (κ1) is 9.01. The van der Waals surface area contributed by atoms with E-state index in [2.05, 4.69) is 12.2 Å². The van der Waals surface area contributed by atoms with E-state index in [9.17, 15) is 0 Å². The second-order valence-electron chi connectivity index (χ2n) is 3.51. The summed E-state index contributed by atoms with van der Waals surface area (Å²) in [5.74, 6) is 0. The summed E-state index contributed by atoms with van der Waals surface area (Å²) in [5, 5.41) is 3.51. The minimum absolute atomic E-state index is 0.423. The monoisotopic (exact) mass is 156 g/mol. The zero-order valence-corrected chi connectivity index (χ0v) is 7.47. The SMILES string of the molecule is CCCCNC1CCCC1N. The largest absolute Gasteiger partial charge is 0.326 e. The van der Waals surface area contributed by atoms with Gasteiger partial charge in [-0.3, -0.25) is 0 Å². The fraction of sp³-hybridized carbons (Fsp3) is 1.00. The van der Waals surface area contributed by atoms with Crippen molar-refractivity contribution in [2.45, 2.75) is 51.1 Å². The third-order valence-electron chi connectivity index (χ3n) is 2.51. The highest BCUT2D eigenvalue weighted by molar-refractivity contribution is 4.85. The van der Waals surface area contributed by atoms with Gasteiger partial charge in [-0.05, 0) is 25.8 Å². The molecule has 0 saturated heterocycles. The van der Waals surface area contributed by atoms with Crippen molar-refractivity contribution in [3.63, 3.8) is 0 Å². The van der Waals surface area contributed by atoms with Crippen LogP contribution in [0.1, 0.15) is 39.0 Å². The average Bonchev–Trinajstić information content (AvgIpc) is 2.37. The molecule has 0 aromatic rings. The average molecular weight is 156 g/mol. The van der Waals surface area contributed by atoms with Crippen LogP contribution in [0, 0.1) is 0 Å². The van der Waals surface area contributed by atoms with Gasteiger partial charge in [-0.15, -0.1) is 0 Å². The van der Waals surface area contributed by atoms with E-state index >= 15 is 0 Å². The Hall–Kier alpha value is -0.0800. The third kappa shape index (κ3) is 2.80. The van der Waals surface area contributed by atoms with Crippen LogP contribution >= 0.6 is 0 Å². The number of nitrogens with one attached hydrogen (secondary N) is 1. The number of unbranched alkanes of at least 4 members (excludes halogenated alkanes) is 1. The van der Waals surface area contributed by atoms with Crippen molar-refractivity contribution in [2.24, 2.45) is 5.73 Å². The molecular formula is C9H20N2. The molecule has 0 amide bonds. The zero-order chi connectivity index (χ0) is 8.10. The summed E-state index contributed by atoms with van der Waals surface area (Å²) in [6.07, 6.45) is 6.36. The fourth-order valence-corrected chi connectivity index (χ4v) is 1.71. The van der Waals surface area contributed by atoms with Gasteiger partial charge in [-0.1, -0.05) is 19.8 Å². The molecule has 66 valence electrons. The smallest absolute Gasteiger partial charge is 0.0219 e. The molecule has 1 saturated carbocycles. The molecule has 2 atom stereocenters. The lowest BCUT2D eigenvalue weighted by molar-refractivity contribution is 0.469. The lowest BCUT2D eigenvalue weighted by Gasteiger charge is -2.16. The van der Waals surface area contributed by atoms with Crippen molar-refractivity contribution in [1.82, 2.24) is 5.32 Å². The normalized spacial score (nSPS) is 31.1. The highest BCUT2D eigenvalue weighted by Gasteiger charge is 2.22. The second-order valence-corrected chi connectivity index (χ2v) is 3.51. The third-order valence-corrected chi connectivity index (χ3v) is 2.51. The summed E-state index contributed by atoms with van der Waals surface area (Å²) in [4.78, 5) is 0. The minimum Gasteiger partial charge on any atom is -0.326 e. The molecule has 0 aromatic heterocycles. The molecule has 0 bridgehead atoms.